The molecular weight excluding hydrogens is 620 g/mol. The molecule has 0 aromatic heterocycles. The van der Waals surface area contributed by atoms with E-state index in [1.165, 1.54) is 31.2 Å². The SMILES string of the molecule is CC(C)(C)OC(=O)N1CCC(N[C@H]2CCCC[C@@H]2O)CC1.CC(C)(C)OC(=O)N1CCC(N[C@H]2CCCC[C@@H]2OCc2ccccc2)CC1. The van der Waals surface area contributed by atoms with E-state index in [9.17, 15) is 14.7 Å². The average Bonchev–Trinajstić information content (AvgIpc) is 3.05. The normalized spacial score (nSPS) is 26.0. The first kappa shape index (κ1) is 39.4. The molecule has 1 aromatic carbocycles. The molecule has 3 N–H and O–H groups in total. The summed E-state index contributed by atoms with van der Waals surface area (Å²) in [6.07, 6.45) is 12.6. The molecular formula is C39H66N4O6. The molecule has 2 aliphatic heterocycles. The molecule has 10 nitrogen and oxygen atoms in total. The van der Waals surface area contributed by atoms with Crippen LogP contribution in [0.15, 0.2) is 30.3 Å². The number of likely N-dealkylation sites (tertiary alicyclic amines) is 2. The summed E-state index contributed by atoms with van der Waals surface area (Å²) in [5.41, 5.74) is 0.369. The van der Waals surface area contributed by atoms with Crippen molar-refractivity contribution in [2.75, 3.05) is 26.2 Å². The number of hydrogen-bond acceptors (Lipinski definition) is 8. The van der Waals surface area contributed by atoms with E-state index < -0.39 is 11.2 Å². The van der Waals surface area contributed by atoms with E-state index in [0.717, 1.165) is 77.5 Å². The molecule has 0 spiro atoms. The van der Waals surface area contributed by atoms with Crippen molar-refractivity contribution >= 4 is 12.2 Å². The van der Waals surface area contributed by atoms with Gasteiger partial charge in [-0.1, -0.05) is 56.0 Å². The zero-order valence-corrected chi connectivity index (χ0v) is 31.3. The monoisotopic (exact) mass is 686 g/mol. The Morgan fingerprint density at radius 3 is 1.61 bits per heavy atom. The summed E-state index contributed by atoms with van der Waals surface area (Å²) in [7, 11) is 0. The van der Waals surface area contributed by atoms with Crippen LogP contribution in [0.2, 0.25) is 0 Å². The van der Waals surface area contributed by atoms with Crippen LogP contribution in [0.25, 0.3) is 0 Å². The van der Waals surface area contributed by atoms with Gasteiger partial charge in [-0.15, -0.1) is 0 Å². The maximum Gasteiger partial charge on any atom is 0.410 e. The predicted molar refractivity (Wildman–Crippen MR) is 193 cm³/mol. The van der Waals surface area contributed by atoms with Crippen LogP contribution in [0.3, 0.4) is 0 Å². The van der Waals surface area contributed by atoms with Crippen molar-refractivity contribution in [1.82, 2.24) is 20.4 Å². The van der Waals surface area contributed by atoms with Crippen molar-refractivity contribution in [3.63, 3.8) is 0 Å². The van der Waals surface area contributed by atoms with Gasteiger partial charge in [-0.25, -0.2) is 9.59 Å². The minimum absolute atomic E-state index is 0.187. The number of rotatable bonds is 7. The summed E-state index contributed by atoms with van der Waals surface area (Å²) in [6.45, 7) is 15.1. The van der Waals surface area contributed by atoms with Gasteiger partial charge < -0.3 is 39.8 Å². The molecule has 49 heavy (non-hydrogen) atoms. The highest BCUT2D eigenvalue weighted by atomic mass is 16.6. The van der Waals surface area contributed by atoms with Crippen LogP contribution < -0.4 is 10.6 Å². The fourth-order valence-electron chi connectivity index (χ4n) is 7.29. The van der Waals surface area contributed by atoms with Gasteiger partial charge in [-0.2, -0.15) is 0 Å². The molecule has 0 radical (unpaired) electrons. The Balaban J connectivity index is 0.000000230. The van der Waals surface area contributed by atoms with E-state index in [-0.39, 0.29) is 30.4 Å². The average molecular weight is 687 g/mol. The maximum absolute atomic E-state index is 12.2. The number of ether oxygens (including phenoxy) is 3. The minimum Gasteiger partial charge on any atom is -0.444 e. The third-order valence-electron chi connectivity index (χ3n) is 9.93. The highest BCUT2D eigenvalue weighted by Gasteiger charge is 2.32. The summed E-state index contributed by atoms with van der Waals surface area (Å²) in [5.74, 6) is 0. The second-order valence-corrected chi connectivity index (χ2v) is 16.5. The summed E-state index contributed by atoms with van der Waals surface area (Å²) < 4.78 is 17.2. The smallest absolute Gasteiger partial charge is 0.410 e. The first-order chi connectivity index (χ1) is 23.3. The molecule has 2 heterocycles. The molecule has 2 saturated carbocycles. The number of amides is 2. The summed E-state index contributed by atoms with van der Waals surface area (Å²) in [6, 6.07) is 11.9. The number of carbonyl (C=O) groups excluding carboxylic acids is 2. The molecule has 2 amide bonds. The Morgan fingerprint density at radius 2 is 1.12 bits per heavy atom. The van der Waals surface area contributed by atoms with Crippen molar-refractivity contribution in [3.8, 4) is 0 Å². The van der Waals surface area contributed by atoms with Crippen LogP contribution in [0.5, 0.6) is 0 Å². The molecule has 0 unspecified atom stereocenters. The zero-order chi connectivity index (χ0) is 35.4. The lowest BCUT2D eigenvalue weighted by Crippen LogP contribution is -2.52. The van der Waals surface area contributed by atoms with E-state index in [4.69, 9.17) is 14.2 Å². The van der Waals surface area contributed by atoms with Gasteiger partial charge in [-0.3, -0.25) is 0 Å². The molecule has 278 valence electrons. The number of aliphatic hydroxyl groups is 1. The highest BCUT2D eigenvalue weighted by molar-refractivity contribution is 5.68. The van der Waals surface area contributed by atoms with Crippen LogP contribution in [0.4, 0.5) is 9.59 Å². The van der Waals surface area contributed by atoms with Gasteiger partial charge in [0.05, 0.1) is 18.8 Å². The Morgan fingerprint density at radius 1 is 0.673 bits per heavy atom. The van der Waals surface area contributed by atoms with Crippen LogP contribution >= 0.6 is 0 Å². The number of benzene rings is 1. The van der Waals surface area contributed by atoms with Crippen molar-refractivity contribution in [3.05, 3.63) is 35.9 Å². The van der Waals surface area contributed by atoms with Crippen LogP contribution in [-0.4, -0.2) is 101 Å². The van der Waals surface area contributed by atoms with Gasteiger partial charge in [0.15, 0.2) is 0 Å². The van der Waals surface area contributed by atoms with Gasteiger partial charge in [-0.05, 0) is 98.5 Å². The number of hydrogen-bond donors (Lipinski definition) is 3. The predicted octanol–water partition coefficient (Wildman–Crippen LogP) is 6.78. The Kier molecular flexibility index (Phi) is 15.1. The fraction of sp³-hybridized carbons (Fsp3) is 0.795. The third-order valence-corrected chi connectivity index (χ3v) is 9.93. The van der Waals surface area contributed by atoms with Gasteiger partial charge >= 0.3 is 12.2 Å². The summed E-state index contributed by atoms with van der Waals surface area (Å²) in [5, 5.41) is 17.5. The number of nitrogens with zero attached hydrogens (tertiary/aromatic N) is 2. The number of aliphatic hydroxyl groups excluding tert-OH is 1. The molecule has 2 saturated heterocycles. The second-order valence-electron chi connectivity index (χ2n) is 16.5. The van der Waals surface area contributed by atoms with E-state index >= 15 is 0 Å². The molecule has 2 aliphatic carbocycles. The van der Waals surface area contributed by atoms with E-state index in [1.54, 1.807) is 4.90 Å². The molecule has 4 atom stereocenters. The molecule has 1 aromatic rings. The minimum atomic E-state index is -0.433. The molecule has 5 rings (SSSR count). The lowest BCUT2D eigenvalue weighted by Gasteiger charge is -2.38. The number of carbonyl (C=O) groups is 2. The largest absolute Gasteiger partial charge is 0.444 e. The van der Waals surface area contributed by atoms with Gasteiger partial charge in [0, 0.05) is 50.3 Å². The standard InChI is InChI=1S/C23H36N2O3.C16H30N2O3/c1-23(2,3)28-22(26)25-15-13-19(14-16-25)24-20-11-7-8-12-21(20)27-17-18-9-5-4-6-10-18;1-16(2,3)21-15(20)18-10-8-12(9-11-18)17-13-6-4-5-7-14(13)19/h4-6,9-10,19-21,24H,7-8,11-17H2,1-3H3;12-14,17,19H,4-11H2,1-3H3/t20-,21-;13-,14-/m00/s1. The van der Waals surface area contributed by atoms with Crippen molar-refractivity contribution < 1.29 is 28.9 Å². The summed E-state index contributed by atoms with van der Waals surface area (Å²) >= 11 is 0. The van der Waals surface area contributed by atoms with Crippen LogP contribution in [0, 0.1) is 0 Å². The molecule has 0 bridgehead atoms. The topological polar surface area (TPSA) is 113 Å². The Bertz CT molecular complexity index is 1120. The highest BCUT2D eigenvalue weighted by Crippen LogP contribution is 2.25. The van der Waals surface area contributed by atoms with Crippen LogP contribution in [-0.2, 0) is 20.8 Å². The number of nitrogens with one attached hydrogen (secondary N) is 2. The van der Waals surface area contributed by atoms with Gasteiger partial charge in [0.2, 0.25) is 0 Å². The van der Waals surface area contributed by atoms with E-state index in [2.05, 4.69) is 34.9 Å². The molecule has 4 aliphatic rings. The quantitative estimate of drug-likeness (QED) is 0.288. The molecule has 10 heteroatoms. The zero-order valence-electron chi connectivity index (χ0n) is 31.3. The Labute approximate surface area is 296 Å². The maximum atomic E-state index is 12.2. The first-order valence-corrected chi connectivity index (χ1v) is 19.1. The first-order valence-electron chi connectivity index (χ1n) is 19.1. The lowest BCUT2D eigenvalue weighted by atomic mass is 9.90. The second kappa shape index (κ2) is 18.7. The lowest BCUT2D eigenvalue weighted by molar-refractivity contribution is -0.0120. The van der Waals surface area contributed by atoms with E-state index in [0.29, 0.717) is 24.7 Å². The van der Waals surface area contributed by atoms with Gasteiger partial charge in [0.1, 0.15) is 11.2 Å². The van der Waals surface area contributed by atoms with Crippen molar-refractivity contribution in [2.45, 2.75) is 173 Å². The number of piperidine rings is 2. The fourth-order valence-corrected chi connectivity index (χ4v) is 7.29. The van der Waals surface area contributed by atoms with Gasteiger partial charge in [0.25, 0.3) is 0 Å². The summed E-state index contributed by atoms with van der Waals surface area (Å²) in [4.78, 5) is 27.9. The van der Waals surface area contributed by atoms with E-state index in [1.807, 2.05) is 52.5 Å². The third kappa shape index (κ3) is 14.0. The van der Waals surface area contributed by atoms with Crippen molar-refractivity contribution in [2.24, 2.45) is 0 Å². The van der Waals surface area contributed by atoms with Crippen LogP contribution in [0.1, 0.15) is 124 Å². The van der Waals surface area contributed by atoms with Crippen molar-refractivity contribution in [1.29, 1.82) is 0 Å². The Hall–Kier alpha value is -2.40. The molecule has 4 fully saturated rings.